The van der Waals surface area contributed by atoms with Crippen molar-refractivity contribution in [2.45, 2.75) is 25.6 Å². The number of nitrogens with zero attached hydrogens (tertiary/aromatic N) is 3. The summed E-state index contributed by atoms with van der Waals surface area (Å²) in [7, 11) is 1.60. The maximum absolute atomic E-state index is 13.7. The molecule has 33 heavy (non-hydrogen) atoms. The molecule has 2 aromatic rings. The molecule has 4 heterocycles. The first kappa shape index (κ1) is 22.1. The van der Waals surface area contributed by atoms with Gasteiger partial charge in [-0.2, -0.15) is 0 Å². The number of hydrogen-bond donors (Lipinski definition) is 1. The number of para-hydroxylation sites is 1. The van der Waals surface area contributed by atoms with Crippen LogP contribution in [0.25, 0.3) is 11.1 Å². The summed E-state index contributed by atoms with van der Waals surface area (Å²) in [6.45, 7) is 5.40. The Kier molecular flexibility index (Phi) is 5.99. The molecule has 1 amide bonds. The minimum absolute atomic E-state index is 0.0537. The van der Waals surface area contributed by atoms with E-state index < -0.39 is 0 Å². The van der Waals surface area contributed by atoms with E-state index in [1.54, 1.807) is 7.11 Å². The van der Waals surface area contributed by atoms with Crippen molar-refractivity contribution in [3.63, 3.8) is 0 Å². The molecule has 5 rings (SSSR count). The number of carbonyl (C=O) groups is 1. The molecule has 8 nitrogen and oxygen atoms in total. The van der Waals surface area contributed by atoms with Gasteiger partial charge < -0.3 is 24.0 Å². The normalized spacial score (nSPS) is 26.8. The third-order valence-corrected chi connectivity index (χ3v) is 7.54. The van der Waals surface area contributed by atoms with E-state index in [0.29, 0.717) is 44.2 Å². The van der Waals surface area contributed by atoms with Gasteiger partial charge in [-0.3, -0.25) is 14.5 Å². The summed E-state index contributed by atoms with van der Waals surface area (Å²) in [5.74, 6) is 0.0957. The highest BCUT2D eigenvalue weighted by molar-refractivity contribution is 5.81. The molecule has 4 atom stereocenters. The molecule has 176 valence electrons. The Balaban J connectivity index is 1.60. The Morgan fingerprint density at radius 3 is 2.61 bits per heavy atom. The lowest BCUT2D eigenvalue weighted by Gasteiger charge is -2.38. The number of pyridine rings is 1. The molecule has 2 fully saturated rings. The minimum atomic E-state index is -0.386. The molecule has 1 aromatic carbocycles. The number of aliphatic hydroxyl groups excluding tert-OH is 1. The van der Waals surface area contributed by atoms with E-state index in [-0.39, 0.29) is 42.0 Å². The number of likely N-dealkylation sites (N-methyl/N-ethyl adjacent to an activating group) is 1. The first-order chi connectivity index (χ1) is 16.1. The average Bonchev–Trinajstić information content (AvgIpc) is 3.09. The Bertz CT molecular complexity index is 1090. The van der Waals surface area contributed by atoms with E-state index >= 15 is 0 Å². The van der Waals surface area contributed by atoms with Gasteiger partial charge >= 0.3 is 0 Å². The maximum Gasteiger partial charge on any atom is 0.258 e. The van der Waals surface area contributed by atoms with Gasteiger partial charge in [0.1, 0.15) is 5.75 Å². The molecular weight excluding hydrogens is 422 g/mol. The second-order valence-electron chi connectivity index (χ2n) is 8.94. The van der Waals surface area contributed by atoms with Crippen LogP contribution in [-0.2, 0) is 16.1 Å². The van der Waals surface area contributed by atoms with Crippen LogP contribution in [0.4, 0.5) is 0 Å². The van der Waals surface area contributed by atoms with Crippen LogP contribution in [0.2, 0.25) is 0 Å². The largest absolute Gasteiger partial charge is 0.496 e. The summed E-state index contributed by atoms with van der Waals surface area (Å²) in [5, 5.41) is 10.4. The van der Waals surface area contributed by atoms with Gasteiger partial charge in [-0.15, -0.1) is 0 Å². The number of morpholine rings is 1. The topological polar surface area (TPSA) is 84.2 Å². The highest BCUT2D eigenvalue weighted by Gasteiger charge is 2.56. The highest BCUT2D eigenvalue weighted by Crippen LogP contribution is 2.49. The number of rotatable bonds is 5. The molecule has 0 unspecified atom stereocenters. The van der Waals surface area contributed by atoms with Gasteiger partial charge in [0.25, 0.3) is 5.56 Å². The van der Waals surface area contributed by atoms with Crippen LogP contribution in [0.1, 0.15) is 18.7 Å². The quantitative estimate of drug-likeness (QED) is 0.736. The molecular formula is C25H31N3O5. The SMILES string of the molecule is CCN1[C@@H]2Cn3c(ccc(-c4ccccc4OC)c3=O)[C@H]1[C@@H](C(=O)N1CCOCC1)[C@@H]2CO. The lowest BCUT2D eigenvalue weighted by atomic mass is 9.86. The molecule has 8 heteroatoms. The molecule has 1 N–H and O–H groups in total. The number of methoxy groups -OCH3 is 1. The molecule has 1 aromatic heterocycles. The van der Waals surface area contributed by atoms with Crippen LogP contribution in [0.15, 0.2) is 41.2 Å². The van der Waals surface area contributed by atoms with E-state index in [2.05, 4.69) is 11.8 Å². The zero-order chi connectivity index (χ0) is 23.1. The van der Waals surface area contributed by atoms with Crippen molar-refractivity contribution < 1.29 is 19.4 Å². The molecule has 0 saturated carbocycles. The summed E-state index contributed by atoms with van der Waals surface area (Å²) in [6, 6.07) is 11.0. The zero-order valence-corrected chi connectivity index (χ0v) is 19.1. The summed E-state index contributed by atoms with van der Waals surface area (Å²) < 4.78 is 12.7. The van der Waals surface area contributed by atoms with Crippen molar-refractivity contribution in [2.24, 2.45) is 11.8 Å². The van der Waals surface area contributed by atoms with Gasteiger partial charge in [0.05, 0.1) is 37.8 Å². The molecule has 2 bridgehead atoms. The van der Waals surface area contributed by atoms with E-state index in [1.165, 1.54) is 0 Å². The molecule has 3 aliphatic heterocycles. The van der Waals surface area contributed by atoms with Gasteiger partial charge in [-0.05, 0) is 24.7 Å². The minimum Gasteiger partial charge on any atom is -0.496 e. The molecule has 0 aliphatic carbocycles. The Labute approximate surface area is 193 Å². The zero-order valence-electron chi connectivity index (χ0n) is 19.1. The fraction of sp³-hybridized carbons (Fsp3) is 0.520. The Morgan fingerprint density at radius 1 is 1.15 bits per heavy atom. The van der Waals surface area contributed by atoms with Crippen LogP contribution in [0.5, 0.6) is 5.75 Å². The standard InChI is InChI=1S/C25H31N3O5/c1-3-27-20-14-28-19(9-8-17(24(28)30)16-6-4-5-7-21(16)32-2)23(27)22(18(20)15-29)25(31)26-10-12-33-13-11-26/h4-9,18,20,22-23,29H,3,10-15H2,1-2H3/t18-,20-,22+,23+/m1/s1. The number of hydrogen-bond acceptors (Lipinski definition) is 6. The van der Waals surface area contributed by atoms with Crippen LogP contribution >= 0.6 is 0 Å². The summed E-state index contributed by atoms with van der Waals surface area (Å²) in [4.78, 5) is 31.5. The first-order valence-corrected chi connectivity index (χ1v) is 11.7. The molecule has 2 saturated heterocycles. The predicted octanol–water partition coefficient (Wildman–Crippen LogP) is 1.37. The monoisotopic (exact) mass is 453 g/mol. The van der Waals surface area contributed by atoms with Gasteiger partial charge in [-0.1, -0.05) is 25.1 Å². The second-order valence-corrected chi connectivity index (χ2v) is 8.94. The van der Waals surface area contributed by atoms with Crippen LogP contribution in [-0.4, -0.2) is 78.0 Å². The van der Waals surface area contributed by atoms with Crippen molar-refractivity contribution in [3.8, 4) is 16.9 Å². The van der Waals surface area contributed by atoms with Crippen molar-refractivity contribution in [1.29, 1.82) is 0 Å². The fourth-order valence-corrected chi connectivity index (χ4v) is 6.00. The van der Waals surface area contributed by atoms with Crippen LogP contribution in [0, 0.1) is 11.8 Å². The third kappa shape index (κ3) is 3.48. The number of aromatic nitrogens is 1. The van der Waals surface area contributed by atoms with Gasteiger partial charge in [-0.25, -0.2) is 0 Å². The van der Waals surface area contributed by atoms with Crippen molar-refractivity contribution in [1.82, 2.24) is 14.4 Å². The lowest BCUT2D eigenvalue weighted by Crippen LogP contribution is -2.47. The summed E-state index contributed by atoms with van der Waals surface area (Å²) >= 11 is 0. The van der Waals surface area contributed by atoms with E-state index in [0.717, 1.165) is 17.8 Å². The Hall–Kier alpha value is -2.68. The number of amides is 1. The maximum atomic E-state index is 13.7. The van der Waals surface area contributed by atoms with Crippen LogP contribution in [0.3, 0.4) is 0 Å². The van der Waals surface area contributed by atoms with Crippen molar-refractivity contribution >= 4 is 5.91 Å². The smallest absolute Gasteiger partial charge is 0.258 e. The number of benzene rings is 1. The van der Waals surface area contributed by atoms with Gasteiger partial charge in [0.2, 0.25) is 5.91 Å². The van der Waals surface area contributed by atoms with Crippen molar-refractivity contribution in [2.75, 3.05) is 46.6 Å². The van der Waals surface area contributed by atoms with Gasteiger partial charge in [0.15, 0.2) is 0 Å². The number of fused-ring (bicyclic) bond motifs is 4. The predicted molar refractivity (Wildman–Crippen MR) is 123 cm³/mol. The fourth-order valence-electron chi connectivity index (χ4n) is 6.00. The average molecular weight is 454 g/mol. The van der Waals surface area contributed by atoms with Crippen molar-refractivity contribution in [3.05, 3.63) is 52.4 Å². The third-order valence-electron chi connectivity index (χ3n) is 7.54. The van der Waals surface area contributed by atoms with E-state index in [1.807, 2.05) is 45.9 Å². The number of carbonyl (C=O) groups excluding carboxylic acids is 1. The molecule has 3 aliphatic rings. The lowest BCUT2D eigenvalue weighted by molar-refractivity contribution is -0.142. The molecule has 0 radical (unpaired) electrons. The second kappa shape index (κ2) is 8.93. The van der Waals surface area contributed by atoms with Crippen LogP contribution < -0.4 is 10.3 Å². The summed E-state index contributed by atoms with van der Waals surface area (Å²) in [6.07, 6.45) is 0. The Morgan fingerprint density at radius 2 is 1.91 bits per heavy atom. The molecule has 0 spiro atoms. The van der Waals surface area contributed by atoms with E-state index in [4.69, 9.17) is 9.47 Å². The first-order valence-electron chi connectivity index (χ1n) is 11.7. The van der Waals surface area contributed by atoms with E-state index in [9.17, 15) is 14.7 Å². The highest BCUT2D eigenvalue weighted by atomic mass is 16.5. The van der Waals surface area contributed by atoms with Gasteiger partial charge in [0, 0.05) is 49.5 Å². The number of aliphatic hydroxyl groups is 1. The number of ether oxygens (including phenoxy) is 2. The summed E-state index contributed by atoms with van der Waals surface area (Å²) in [5.41, 5.74) is 2.10.